The second-order valence-electron chi connectivity index (χ2n) is 8.47. The third kappa shape index (κ3) is 2.65. The van der Waals surface area contributed by atoms with Crippen molar-refractivity contribution in [3.63, 3.8) is 0 Å². The first kappa shape index (κ1) is 16.3. The Labute approximate surface area is 164 Å². The third-order valence-electron chi connectivity index (χ3n) is 6.68. The molecule has 0 unspecified atom stereocenters. The Morgan fingerprint density at radius 2 is 2.00 bits per heavy atom. The van der Waals surface area contributed by atoms with Gasteiger partial charge in [-0.05, 0) is 49.7 Å². The topological polar surface area (TPSA) is 50.3 Å². The fraction of sp³-hybridized carbons (Fsp3) is 0.391. The molecule has 0 saturated carbocycles. The number of rotatable bonds is 3. The van der Waals surface area contributed by atoms with Gasteiger partial charge < -0.3 is 10.1 Å². The monoisotopic (exact) mass is 372 g/mol. The second-order valence-corrected chi connectivity index (χ2v) is 8.47. The first-order valence-corrected chi connectivity index (χ1v) is 10.3. The lowest BCUT2D eigenvalue weighted by atomic mass is 9.73. The maximum absolute atomic E-state index is 6.44. The largest absolute Gasteiger partial charge is 0.469 e. The van der Waals surface area contributed by atoms with Gasteiger partial charge in [0.2, 0.25) is 5.88 Å². The van der Waals surface area contributed by atoms with E-state index in [0.29, 0.717) is 5.92 Å². The second kappa shape index (κ2) is 6.17. The predicted octanol–water partition coefficient (Wildman–Crippen LogP) is 3.64. The quantitative estimate of drug-likeness (QED) is 0.761. The number of nitrogens with one attached hydrogen (secondary N) is 1. The van der Waals surface area contributed by atoms with E-state index in [1.807, 2.05) is 24.5 Å². The fourth-order valence-electron chi connectivity index (χ4n) is 5.22. The molecule has 2 bridgehead atoms. The van der Waals surface area contributed by atoms with E-state index in [1.165, 1.54) is 42.4 Å². The van der Waals surface area contributed by atoms with Crippen molar-refractivity contribution in [3.05, 3.63) is 59.9 Å². The molecule has 142 valence electrons. The third-order valence-corrected chi connectivity index (χ3v) is 6.68. The first-order valence-electron chi connectivity index (χ1n) is 10.3. The lowest BCUT2D eigenvalue weighted by molar-refractivity contribution is -0.0814. The smallest absolute Gasteiger partial charge is 0.217 e. The highest BCUT2D eigenvalue weighted by Crippen LogP contribution is 2.46. The number of aromatic nitrogens is 2. The molecule has 1 aromatic carbocycles. The summed E-state index contributed by atoms with van der Waals surface area (Å²) in [5.41, 5.74) is 4.46. The summed E-state index contributed by atoms with van der Waals surface area (Å²) in [6, 6.07) is 12.6. The number of para-hydroxylation sites is 1. The highest BCUT2D eigenvalue weighted by atomic mass is 16.5. The number of pyridine rings is 2. The molecular weight excluding hydrogens is 348 g/mol. The number of anilines is 1. The number of benzene rings is 1. The first-order chi connectivity index (χ1) is 13.8. The van der Waals surface area contributed by atoms with Crippen molar-refractivity contribution in [2.24, 2.45) is 5.92 Å². The van der Waals surface area contributed by atoms with Gasteiger partial charge in [-0.25, -0.2) is 4.98 Å². The standard InChI is InChI=1S/C23H24N4O/c1-2-4-21-17(3-1)9-16(13-25-21)12-24-20-10-18-11-23(28-22(18)26-14-20)15-27-7-5-19(23)6-8-27/h1-4,9-10,13-14,19,24H,5-8,11-12,15H2/t23-/m0/s1. The number of hydrogen-bond donors (Lipinski definition) is 1. The van der Waals surface area contributed by atoms with Crippen LogP contribution in [0.3, 0.4) is 0 Å². The van der Waals surface area contributed by atoms with Crippen molar-refractivity contribution in [2.45, 2.75) is 31.4 Å². The van der Waals surface area contributed by atoms with Crippen LogP contribution >= 0.6 is 0 Å². The Bertz CT molecular complexity index is 1040. The molecule has 1 spiro atoms. The zero-order valence-corrected chi connectivity index (χ0v) is 15.9. The van der Waals surface area contributed by atoms with E-state index < -0.39 is 0 Å². The Morgan fingerprint density at radius 3 is 2.86 bits per heavy atom. The molecule has 0 amide bonds. The molecule has 2 aromatic heterocycles. The summed E-state index contributed by atoms with van der Waals surface area (Å²) in [4.78, 5) is 11.7. The zero-order chi connectivity index (χ0) is 18.6. The Hall–Kier alpha value is -2.66. The summed E-state index contributed by atoms with van der Waals surface area (Å²) in [5.74, 6) is 1.51. The molecule has 1 atom stereocenters. The number of nitrogens with zero attached hydrogens (tertiary/aromatic N) is 3. The average Bonchev–Trinajstić information content (AvgIpc) is 3.09. The van der Waals surface area contributed by atoms with Gasteiger partial charge in [-0.3, -0.25) is 9.88 Å². The van der Waals surface area contributed by atoms with Crippen molar-refractivity contribution in [2.75, 3.05) is 25.0 Å². The molecular formula is C23H24N4O. The van der Waals surface area contributed by atoms with Gasteiger partial charge in [-0.15, -0.1) is 0 Å². The van der Waals surface area contributed by atoms with Gasteiger partial charge in [0, 0.05) is 42.6 Å². The van der Waals surface area contributed by atoms with E-state index in [2.05, 4.69) is 44.5 Å². The van der Waals surface area contributed by atoms with E-state index in [-0.39, 0.29) is 5.60 Å². The molecule has 3 fully saturated rings. The summed E-state index contributed by atoms with van der Waals surface area (Å²) in [5, 5.41) is 4.68. The van der Waals surface area contributed by atoms with Gasteiger partial charge in [0.05, 0.1) is 17.4 Å². The van der Waals surface area contributed by atoms with Crippen LogP contribution in [0, 0.1) is 5.92 Å². The SMILES string of the molecule is c1ccc2ncc(CNc3cnc4c(c3)C[C@@]3(CN5CCC3CC5)O4)cc2c1. The molecule has 28 heavy (non-hydrogen) atoms. The van der Waals surface area contributed by atoms with Crippen LogP contribution in [0.4, 0.5) is 5.69 Å². The fourth-order valence-corrected chi connectivity index (χ4v) is 5.22. The Morgan fingerprint density at radius 1 is 1.11 bits per heavy atom. The number of piperidine rings is 3. The molecule has 3 aromatic rings. The maximum atomic E-state index is 6.44. The van der Waals surface area contributed by atoms with Gasteiger partial charge in [0.15, 0.2) is 0 Å². The number of ether oxygens (including phenoxy) is 1. The van der Waals surface area contributed by atoms with Gasteiger partial charge in [0.25, 0.3) is 0 Å². The van der Waals surface area contributed by atoms with Crippen LogP contribution in [-0.2, 0) is 13.0 Å². The van der Waals surface area contributed by atoms with Crippen molar-refractivity contribution in [1.29, 1.82) is 0 Å². The summed E-state index contributed by atoms with van der Waals surface area (Å²) in [6.45, 7) is 4.25. The van der Waals surface area contributed by atoms with Gasteiger partial charge in [-0.1, -0.05) is 18.2 Å². The Kier molecular flexibility index (Phi) is 3.60. The predicted molar refractivity (Wildman–Crippen MR) is 110 cm³/mol. The van der Waals surface area contributed by atoms with E-state index in [4.69, 9.17) is 4.74 Å². The van der Waals surface area contributed by atoms with Crippen LogP contribution in [0.2, 0.25) is 0 Å². The van der Waals surface area contributed by atoms with Gasteiger partial charge >= 0.3 is 0 Å². The highest BCUT2D eigenvalue weighted by molar-refractivity contribution is 5.78. The van der Waals surface area contributed by atoms with Crippen LogP contribution in [0.1, 0.15) is 24.0 Å². The average molecular weight is 372 g/mol. The van der Waals surface area contributed by atoms with Crippen LogP contribution in [-0.4, -0.2) is 40.1 Å². The number of hydrogen-bond acceptors (Lipinski definition) is 5. The molecule has 0 radical (unpaired) electrons. The molecule has 5 nitrogen and oxygen atoms in total. The van der Waals surface area contributed by atoms with E-state index >= 15 is 0 Å². The molecule has 5 heteroatoms. The van der Waals surface area contributed by atoms with Crippen LogP contribution < -0.4 is 10.1 Å². The maximum Gasteiger partial charge on any atom is 0.217 e. The van der Waals surface area contributed by atoms with Crippen LogP contribution in [0.5, 0.6) is 5.88 Å². The Balaban J connectivity index is 1.19. The highest BCUT2D eigenvalue weighted by Gasteiger charge is 2.52. The molecule has 6 heterocycles. The van der Waals surface area contributed by atoms with Crippen LogP contribution in [0.25, 0.3) is 10.9 Å². The van der Waals surface area contributed by atoms with Crippen molar-refractivity contribution in [1.82, 2.24) is 14.9 Å². The summed E-state index contributed by atoms with van der Waals surface area (Å²) in [6.07, 6.45) is 7.35. The van der Waals surface area contributed by atoms with Crippen molar-refractivity contribution >= 4 is 16.6 Å². The minimum absolute atomic E-state index is 0.0350. The minimum Gasteiger partial charge on any atom is -0.469 e. The van der Waals surface area contributed by atoms with Crippen molar-refractivity contribution in [3.8, 4) is 5.88 Å². The normalized spacial score (nSPS) is 27.7. The van der Waals surface area contributed by atoms with E-state index in [1.54, 1.807) is 0 Å². The van der Waals surface area contributed by atoms with Gasteiger partial charge in [-0.2, -0.15) is 0 Å². The number of fused-ring (bicyclic) bond motifs is 4. The van der Waals surface area contributed by atoms with Crippen LogP contribution in [0.15, 0.2) is 48.8 Å². The lowest BCUT2D eigenvalue weighted by Crippen LogP contribution is -2.61. The minimum atomic E-state index is -0.0350. The van der Waals surface area contributed by atoms with E-state index in [9.17, 15) is 0 Å². The summed E-state index contributed by atoms with van der Waals surface area (Å²) < 4.78 is 6.44. The summed E-state index contributed by atoms with van der Waals surface area (Å²) >= 11 is 0. The molecule has 0 aliphatic carbocycles. The van der Waals surface area contributed by atoms with Gasteiger partial charge in [0.1, 0.15) is 5.60 Å². The molecule has 7 rings (SSSR count). The summed E-state index contributed by atoms with van der Waals surface area (Å²) in [7, 11) is 0. The zero-order valence-electron chi connectivity index (χ0n) is 15.9. The van der Waals surface area contributed by atoms with E-state index in [0.717, 1.165) is 36.6 Å². The molecule has 3 saturated heterocycles. The lowest BCUT2D eigenvalue weighted by Gasteiger charge is -2.50. The molecule has 4 aliphatic heterocycles. The molecule has 1 N–H and O–H groups in total. The molecule has 4 aliphatic rings. The van der Waals surface area contributed by atoms with Crippen molar-refractivity contribution < 1.29 is 4.74 Å².